The van der Waals surface area contributed by atoms with E-state index in [4.69, 9.17) is 9.97 Å². The number of carbonyl (C=O) groups is 2. The molecule has 3 aromatic heterocycles. The van der Waals surface area contributed by atoms with E-state index in [0.717, 1.165) is 83.7 Å². The van der Waals surface area contributed by atoms with E-state index in [1.54, 1.807) is 6.08 Å². The van der Waals surface area contributed by atoms with Crippen LogP contribution in [0.15, 0.2) is 43.5 Å². The maximum atomic E-state index is 11.5. The third kappa shape index (κ3) is 6.36. The summed E-state index contributed by atoms with van der Waals surface area (Å²) in [5.41, 5.74) is 13.7. The number of nitrogens with one attached hydrogen (secondary N) is 2. The predicted octanol–water partition coefficient (Wildman–Crippen LogP) is 7.92. The van der Waals surface area contributed by atoms with Gasteiger partial charge in [-0.3, -0.25) is 9.59 Å². The Morgan fingerprint density at radius 2 is 1.25 bits per heavy atom. The normalized spacial score (nSPS) is 12.5. The zero-order chi connectivity index (χ0) is 30.3. The molecule has 0 saturated heterocycles. The molecule has 8 nitrogen and oxygen atoms in total. The van der Waals surface area contributed by atoms with Crippen molar-refractivity contribution in [2.24, 2.45) is 0 Å². The van der Waals surface area contributed by atoms with Crippen LogP contribution in [-0.2, 0) is 33.1 Å². The Morgan fingerprint density at radius 1 is 0.727 bits per heavy atom. The van der Waals surface area contributed by atoms with Crippen LogP contribution >= 0.6 is 12.4 Å². The number of aromatic amines is 2. The molecule has 0 spiro atoms. The van der Waals surface area contributed by atoms with Gasteiger partial charge in [-0.25, -0.2) is 9.97 Å². The summed E-state index contributed by atoms with van der Waals surface area (Å²) in [6.07, 6.45) is 4.22. The van der Waals surface area contributed by atoms with Crippen molar-refractivity contribution in [1.29, 1.82) is 0 Å². The van der Waals surface area contributed by atoms with Gasteiger partial charge in [0.2, 0.25) is 0 Å². The molecule has 2 aliphatic rings. The van der Waals surface area contributed by atoms with Gasteiger partial charge in [0.1, 0.15) is 0 Å². The van der Waals surface area contributed by atoms with Gasteiger partial charge in [0, 0.05) is 63.1 Å². The molecule has 0 unspecified atom stereocenters. The molecule has 0 amide bonds. The molecule has 8 bridgehead atoms. The Morgan fingerprint density at radius 3 is 1.89 bits per heavy atom. The Hall–Kier alpha value is -4.17. The van der Waals surface area contributed by atoms with Crippen molar-refractivity contribution in [3.8, 4) is 0 Å². The fourth-order valence-corrected chi connectivity index (χ4v) is 5.77. The molecule has 0 aromatic carbocycles. The van der Waals surface area contributed by atoms with Crippen LogP contribution in [0.3, 0.4) is 0 Å². The molecule has 4 N–H and O–H groups in total. The van der Waals surface area contributed by atoms with Crippen molar-refractivity contribution in [2.45, 2.75) is 53.4 Å². The Labute approximate surface area is 272 Å². The van der Waals surface area contributed by atoms with E-state index in [1.165, 1.54) is 0 Å². The minimum atomic E-state index is -0.883. The largest absolute Gasteiger partial charge is 0.481 e. The number of nitrogens with zero attached hydrogens (tertiary/aromatic N) is 2. The Balaban J connectivity index is 0.00000264. The summed E-state index contributed by atoms with van der Waals surface area (Å²) in [7, 11) is 0. The van der Waals surface area contributed by atoms with Crippen LogP contribution in [0.5, 0.6) is 0 Å². The number of aliphatic carboxylic acids is 2. The van der Waals surface area contributed by atoms with Crippen LogP contribution in [0.4, 0.5) is 0 Å². The van der Waals surface area contributed by atoms with Crippen molar-refractivity contribution in [3.63, 3.8) is 0 Å². The maximum absolute atomic E-state index is 11.5. The molecular formula is C34H35ClFeN4O4. The van der Waals surface area contributed by atoms with Crippen molar-refractivity contribution in [2.75, 3.05) is 0 Å². The first-order valence-corrected chi connectivity index (χ1v) is 13.9. The summed E-state index contributed by atoms with van der Waals surface area (Å²) in [5, 5.41) is 18.9. The van der Waals surface area contributed by atoms with Gasteiger partial charge in [0.15, 0.2) is 0 Å². The Bertz CT molecular complexity index is 1930. The van der Waals surface area contributed by atoms with Gasteiger partial charge < -0.3 is 20.2 Å². The number of halogens is 1. The smallest absolute Gasteiger partial charge is 0.303 e. The third-order valence-electron chi connectivity index (χ3n) is 8.22. The first kappa shape index (κ1) is 34.3. The summed E-state index contributed by atoms with van der Waals surface area (Å²) in [5.74, 6) is -1.76. The van der Waals surface area contributed by atoms with Gasteiger partial charge in [-0.2, -0.15) is 0 Å². The molecule has 0 radical (unpaired) electrons. The van der Waals surface area contributed by atoms with Crippen LogP contribution in [0, 0.1) is 13.8 Å². The second-order valence-electron chi connectivity index (χ2n) is 10.7. The number of fused-ring (bicyclic) bond motifs is 8. The molecule has 10 heteroatoms. The van der Waals surface area contributed by atoms with Crippen LogP contribution in [0.2, 0.25) is 0 Å². The molecule has 3 aromatic rings. The molecule has 0 atom stereocenters. The van der Waals surface area contributed by atoms with Crippen molar-refractivity contribution in [1.82, 2.24) is 19.9 Å². The molecule has 5 rings (SSSR count). The molecule has 44 heavy (non-hydrogen) atoms. The summed E-state index contributed by atoms with van der Waals surface area (Å²) in [6, 6.07) is 7.88. The molecule has 5 heterocycles. The van der Waals surface area contributed by atoms with Crippen LogP contribution < -0.4 is 0 Å². The molecule has 230 valence electrons. The van der Waals surface area contributed by atoms with Crippen molar-refractivity contribution < 1.29 is 36.9 Å². The first-order valence-electron chi connectivity index (χ1n) is 13.9. The third-order valence-corrected chi connectivity index (χ3v) is 8.22. The quantitative estimate of drug-likeness (QED) is 0.183. The van der Waals surface area contributed by atoms with Gasteiger partial charge >= 0.3 is 11.9 Å². The number of allylic oxidation sites excluding steroid dienone is 5. The minimum absolute atomic E-state index is 0. The molecule has 0 fully saturated rings. The predicted molar refractivity (Wildman–Crippen MR) is 176 cm³/mol. The second-order valence-corrected chi connectivity index (χ2v) is 10.7. The topological polar surface area (TPSA) is 132 Å². The standard InChI is InChI=1S/C34H34N4O4.ClH.Fe/c1-7-21-17(3)25-13-26-19(5)23(9-11-33(39)40)31(37-26)16-32-24(10-12-34(41)42)20(6)28(38-32)15-30-22(8-2)18(4)27(36-30)14-29(21)35-25;;/h7-8,13-16,35,38H,1-2,9-12H2,3-6H3,(H,39,40)(H,41,42);1H;. The molecule has 2 aliphatic heterocycles. The fourth-order valence-electron chi connectivity index (χ4n) is 5.77. The summed E-state index contributed by atoms with van der Waals surface area (Å²) >= 11 is 0. The van der Waals surface area contributed by atoms with Crippen molar-refractivity contribution >= 4 is 74.8 Å². The average molecular weight is 655 g/mol. The first-order chi connectivity index (χ1) is 20.0. The van der Waals surface area contributed by atoms with Crippen LogP contribution in [0.25, 0.3) is 50.4 Å². The minimum Gasteiger partial charge on any atom is -0.481 e. The number of rotatable bonds is 8. The number of hydrogen-bond acceptors (Lipinski definition) is 4. The van der Waals surface area contributed by atoms with E-state index in [-0.39, 0.29) is 42.3 Å². The molecule has 0 saturated carbocycles. The fraction of sp³-hybridized carbons (Fsp3) is 0.235. The number of aryl methyl sites for hydroxylation is 3. The molecular weight excluding hydrogens is 620 g/mol. The van der Waals surface area contributed by atoms with Gasteiger partial charge in [0.05, 0.1) is 22.8 Å². The second kappa shape index (κ2) is 13.6. The summed E-state index contributed by atoms with van der Waals surface area (Å²) in [4.78, 5) is 40.0. The monoisotopic (exact) mass is 654 g/mol. The molecule has 0 aliphatic carbocycles. The van der Waals surface area contributed by atoms with E-state index >= 15 is 0 Å². The van der Waals surface area contributed by atoms with E-state index in [0.29, 0.717) is 18.5 Å². The van der Waals surface area contributed by atoms with Crippen LogP contribution in [-0.4, -0.2) is 42.1 Å². The van der Waals surface area contributed by atoms with E-state index in [1.807, 2.05) is 58.0 Å². The zero-order valence-electron chi connectivity index (χ0n) is 25.1. The van der Waals surface area contributed by atoms with E-state index in [9.17, 15) is 19.8 Å². The number of carboxylic acids is 2. The van der Waals surface area contributed by atoms with Crippen LogP contribution in [0.1, 0.15) is 78.1 Å². The average Bonchev–Trinajstić information content (AvgIpc) is 3.59. The van der Waals surface area contributed by atoms with E-state index in [2.05, 4.69) is 23.1 Å². The number of H-pyrrole nitrogens is 2. The number of hydrogen-bond donors (Lipinski definition) is 4. The van der Waals surface area contributed by atoms with E-state index < -0.39 is 11.9 Å². The number of carboxylic acid groups (broad SMARTS) is 2. The van der Waals surface area contributed by atoms with Gasteiger partial charge in [-0.1, -0.05) is 25.3 Å². The van der Waals surface area contributed by atoms with Gasteiger partial charge in [0.25, 0.3) is 0 Å². The Kier molecular flexibility index (Phi) is 10.6. The van der Waals surface area contributed by atoms with Gasteiger partial charge in [-0.15, -0.1) is 12.4 Å². The van der Waals surface area contributed by atoms with Crippen molar-refractivity contribution in [3.05, 3.63) is 88.5 Å². The number of aromatic nitrogens is 4. The maximum Gasteiger partial charge on any atom is 0.303 e. The summed E-state index contributed by atoms with van der Waals surface area (Å²) < 4.78 is 0. The zero-order valence-corrected chi connectivity index (χ0v) is 27.0. The van der Waals surface area contributed by atoms with Gasteiger partial charge in [-0.05, 0) is 98.2 Å². The SMILES string of the molecule is C=CC1=C(C)c2cc3[nH]c(cc4nc(cc5[nH]c(cc1n2)c(C)c5CCC(=O)O)C(CCC(=O)O)=C4C)c(C)c3C=C.Cl.[Fe]. The summed E-state index contributed by atoms with van der Waals surface area (Å²) in [6.45, 7) is 16.0.